The summed E-state index contributed by atoms with van der Waals surface area (Å²) in [5, 5.41) is 3.60. The van der Waals surface area contributed by atoms with E-state index in [9.17, 15) is 0 Å². The zero-order valence-corrected chi connectivity index (χ0v) is 13.6. The van der Waals surface area contributed by atoms with E-state index in [4.69, 9.17) is 0 Å². The van der Waals surface area contributed by atoms with E-state index in [1.54, 1.807) is 0 Å². The van der Waals surface area contributed by atoms with Crippen molar-refractivity contribution in [3.8, 4) is 0 Å². The lowest BCUT2D eigenvalue weighted by Crippen LogP contribution is -2.47. The lowest BCUT2D eigenvalue weighted by atomic mass is 10.0. The highest BCUT2D eigenvalue weighted by molar-refractivity contribution is 14.1. The van der Waals surface area contributed by atoms with Gasteiger partial charge in [0, 0.05) is 21.7 Å². The number of likely N-dealkylation sites (N-methyl/N-ethyl adjacent to an activating group) is 1. The molecule has 0 spiro atoms. The Labute approximate surface area is 119 Å². The van der Waals surface area contributed by atoms with Crippen LogP contribution in [0, 0.1) is 3.57 Å². The van der Waals surface area contributed by atoms with Crippen LogP contribution >= 0.6 is 22.6 Å². The molecule has 0 saturated heterocycles. The van der Waals surface area contributed by atoms with Gasteiger partial charge in [-0.3, -0.25) is 0 Å². The van der Waals surface area contributed by atoms with E-state index in [1.165, 1.54) is 9.13 Å². The van der Waals surface area contributed by atoms with Crippen LogP contribution in [-0.4, -0.2) is 31.1 Å². The third-order valence-electron chi connectivity index (χ3n) is 3.42. The van der Waals surface area contributed by atoms with Gasteiger partial charge in [-0.15, -0.1) is 0 Å². The van der Waals surface area contributed by atoms with Gasteiger partial charge >= 0.3 is 0 Å². The van der Waals surface area contributed by atoms with Gasteiger partial charge in [0.25, 0.3) is 0 Å². The van der Waals surface area contributed by atoms with Gasteiger partial charge in [0.2, 0.25) is 0 Å². The van der Waals surface area contributed by atoms with Crippen molar-refractivity contribution < 1.29 is 0 Å². The van der Waals surface area contributed by atoms with Crippen molar-refractivity contribution in [2.75, 3.05) is 20.6 Å². The van der Waals surface area contributed by atoms with Crippen molar-refractivity contribution in [1.82, 2.24) is 10.2 Å². The molecule has 0 saturated carbocycles. The van der Waals surface area contributed by atoms with Crippen molar-refractivity contribution >= 4 is 22.6 Å². The Hall–Kier alpha value is -0.130. The van der Waals surface area contributed by atoms with E-state index in [1.807, 2.05) is 0 Å². The fraction of sp³-hybridized carbons (Fsp3) is 0.571. The average molecular weight is 346 g/mol. The molecule has 96 valence electrons. The van der Waals surface area contributed by atoms with E-state index in [0.717, 1.165) is 6.54 Å². The zero-order chi connectivity index (χ0) is 13.1. The van der Waals surface area contributed by atoms with Crippen LogP contribution in [0.2, 0.25) is 0 Å². The smallest absolute Gasteiger partial charge is 0.0292 e. The first-order chi connectivity index (χ1) is 7.83. The maximum Gasteiger partial charge on any atom is 0.0292 e. The second-order valence-corrected chi connectivity index (χ2v) is 6.61. The number of nitrogens with one attached hydrogen (secondary N) is 1. The van der Waals surface area contributed by atoms with E-state index in [-0.39, 0.29) is 5.54 Å². The molecular weight excluding hydrogens is 323 g/mol. The van der Waals surface area contributed by atoms with Crippen LogP contribution in [0.1, 0.15) is 32.4 Å². The monoisotopic (exact) mass is 346 g/mol. The van der Waals surface area contributed by atoms with Crippen LogP contribution in [0.5, 0.6) is 0 Å². The molecule has 1 aromatic carbocycles. The highest BCUT2D eigenvalue weighted by Crippen LogP contribution is 2.16. The molecule has 17 heavy (non-hydrogen) atoms. The number of benzene rings is 1. The van der Waals surface area contributed by atoms with Gasteiger partial charge in [-0.25, -0.2) is 0 Å². The average Bonchev–Trinajstić information content (AvgIpc) is 2.27. The summed E-state index contributed by atoms with van der Waals surface area (Å²) in [4.78, 5) is 2.25. The second-order valence-electron chi connectivity index (χ2n) is 5.36. The topological polar surface area (TPSA) is 15.3 Å². The molecule has 1 atom stereocenters. The van der Waals surface area contributed by atoms with Crippen LogP contribution < -0.4 is 5.32 Å². The molecule has 2 nitrogen and oxygen atoms in total. The number of nitrogens with zero attached hydrogens (tertiary/aromatic N) is 1. The van der Waals surface area contributed by atoms with Crippen LogP contribution in [0.15, 0.2) is 24.3 Å². The summed E-state index contributed by atoms with van der Waals surface area (Å²) in [6.45, 7) is 7.70. The fourth-order valence-corrected chi connectivity index (χ4v) is 1.79. The molecule has 0 aliphatic rings. The van der Waals surface area contributed by atoms with Crippen molar-refractivity contribution in [2.24, 2.45) is 0 Å². The molecule has 1 N–H and O–H groups in total. The van der Waals surface area contributed by atoms with E-state index in [0.29, 0.717) is 6.04 Å². The summed E-state index contributed by atoms with van der Waals surface area (Å²) >= 11 is 2.34. The van der Waals surface area contributed by atoms with E-state index < -0.39 is 0 Å². The summed E-state index contributed by atoms with van der Waals surface area (Å²) in [5.41, 5.74) is 1.53. The summed E-state index contributed by atoms with van der Waals surface area (Å²) < 4.78 is 1.28. The van der Waals surface area contributed by atoms with Gasteiger partial charge in [0.05, 0.1) is 0 Å². The molecule has 0 radical (unpaired) electrons. The SMILES string of the molecule is CC(NCC(C)(C)N(C)C)c1ccc(I)cc1. The van der Waals surface area contributed by atoms with Crippen LogP contribution in [-0.2, 0) is 0 Å². The van der Waals surface area contributed by atoms with E-state index >= 15 is 0 Å². The predicted octanol–water partition coefficient (Wildman–Crippen LogP) is 3.28. The van der Waals surface area contributed by atoms with Gasteiger partial charge in [-0.1, -0.05) is 12.1 Å². The lowest BCUT2D eigenvalue weighted by molar-refractivity contribution is 0.185. The quantitative estimate of drug-likeness (QED) is 0.824. The molecule has 0 aliphatic heterocycles. The highest BCUT2D eigenvalue weighted by atomic mass is 127. The molecule has 0 heterocycles. The summed E-state index contributed by atoms with van der Waals surface area (Å²) in [6.07, 6.45) is 0. The molecule has 3 heteroatoms. The van der Waals surface area contributed by atoms with Gasteiger partial charge in [0.15, 0.2) is 0 Å². The van der Waals surface area contributed by atoms with Gasteiger partial charge in [-0.05, 0) is 75.2 Å². The van der Waals surface area contributed by atoms with Crippen molar-refractivity contribution in [1.29, 1.82) is 0 Å². The highest BCUT2D eigenvalue weighted by Gasteiger charge is 2.20. The van der Waals surface area contributed by atoms with Gasteiger partial charge in [-0.2, -0.15) is 0 Å². The van der Waals surface area contributed by atoms with E-state index in [2.05, 4.69) is 91.9 Å². The van der Waals surface area contributed by atoms with Crippen LogP contribution in [0.4, 0.5) is 0 Å². The van der Waals surface area contributed by atoms with Gasteiger partial charge < -0.3 is 10.2 Å². The van der Waals surface area contributed by atoms with Crippen molar-refractivity contribution in [3.05, 3.63) is 33.4 Å². The van der Waals surface area contributed by atoms with Crippen LogP contribution in [0.3, 0.4) is 0 Å². The maximum absolute atomic E-state index is 3.60. The normalized spacial score (nSPS) is 14.1. The van der Waals surface area contributed by atoms with Crippen molar-refractivity contribution in [3.63, 3.8) is 0 Å². The Balaban J connectivity index is 2.55. The maximum atomic E-state index is 3.60. The molecule has 0 fully saturated rings. The minimum atomic E-state index is 0.178. The number of halogens is 1. The first kappa shape index (κ1) is 14.9. The minimum Gasteiger partial charge on any atom is -0.308 e. The molecule has 1 rings (SSSR count). The molecule has 0 aromatic heterocycles. The molecule has 0 amide bonds. The second kappa shape index (κ2) is 6.16. The van der Waals surface area contributed by atoms with Crippen molar-refractivity contribution in [2.45, 2.75) is 32.4 Å². The zero-order valence-electron chi connectivity index (χ0n) is 11.4. The lowest BCUT2D eigenvalue weighted by Gasteiger charge is -2.34. The molecular formula is C14H23IN2. The van der Waals surface area contributed by atoms with Crippen LogP contribution in [0.25, 0.3) is 0 Å². The predicted molar refractivity (Wildman–Crippen MR) is 83.3 cm³/mol. The molecule has 0 aliphatic carbocycles. The van der Waals surface area contributed by atoms with Gasteiger partial charge in [0.1, 0.15) is 0 Å². The number of hydrogen-bond acceptors (Lipinski definition) is 2. The largest absolute Gasteiger partial charge is 0.308 e. The number of rotatable bonds is 5. The Bertz CT molecular complexity index is 344. The third kappa shape index (κ3) is 4.56. The fourth-order valence-electron chi connectivity index (χ4n) is 1.43. The summed E-state index contributed by atoms with van der Waals surface area (Å²) in [7, 11) is 4.24. The summed E-state index contributed by atoms with van der Waals surface area (Å²) in [6, 6.07) is 9.10. The third-order valence-corrected chi connectivity index (χ3v) is 4.14. The first-order valence-corrected chi connectivity index (χ1v) is 7.07. The Morgan fingerprint density at radius 1 is 1.24 bits per heavy atom. The Kier molecular flexibility index (Phi) is 5.41. The molecule has 0 bridgehead atoms. The minimum absolute atomic E-state index is 0.178. The summed E-state index contributed by atoms with van der Waals surface area (Å²) in [5.74, 6) is 0. The first-order valence-electron chi connectivity index (χ1n) is 5.99. The number of hydrogen-bond donors (Lipinski definition) is 1. The Morgan fingerprint density at radius 3 is 2.24 bits per heavy atom. The molecule has 1 unspecified atom stereocenters. The Morgan fingerprint density at radius 2 is 1.76 bits per heavy atom. The standard InChI is InChI=1S/C14H23IN2/c1-11(12-6-8-13(15)9-7-12)16-10-14(2,3)17(4)5/h6-9,11,16H,10H2,1-5H3. The molecule has 1 aromatic rings.